The maximum absolute atomic E-state index is 8.58. The minimum atomic E-state index is 0.0876. The van der Waals surface area contributed by atoms with Gasteiger partial charge in [0.1, 0.15) is 0 Å². The molecule has 1 unspecified atom stereocenters. The van der Waals surface area contributed by atoms with Crippen LogP contribution in [-0.4, -0.2) is 36.2 Å². The molecule has 0 aliphatic rings. The Morgan fingerprint density at radius 3 is 2.67 bits per heavy atom. The molecule has 0 spiro atoms. The maximum atomic E-state index is 8.58. The van der Waals surface area contributed by atoms with Crippen molar-refractivity contribution in [1.29, 1.82) is 5.26 Å². The molecule has 0 aromatic carbocycles. The van der Waals surface area contributed by atoms with E-state index >= 15 is 0 Å². The van der Waals surface area contributed by atoms with Crippen molar-refractivity contribution in [2.24, 2.45) is 0 Å². The highest BCUT2D eigenvalue weighted by atomic mass is 16.3. The normalized spacial score (nSPS) is 13.2. The predicted molar refractivity (Wildman–Crippen MR) is 34.8 cm³/mol. The monoisotopic (exact) mass is 128 g/mol. The van der Waals surface area contributed by atoms with Crippen molar-refractivity contribution in [3.8, 4) is 6.07 Å². The molecule has 0 bridgehead atoms. The van der Waals surface area contributed by atoms with Crippen LogP contribution in [0.5, 0.6) is 0 Å². The van der Waals surface area contributed by atoms with E-state index in [1.807, 2.05) is 20.0 Å². The molecule has 1 N–H and O–H groups in total. The zero-order valence-electron chi connectivity index (χ0n) is 5.83. The van der Waals surface area contributed by atoms with Crippen LogP contribution in [0.25, 0.3) is 0 Å². The van der Waals surface area contributed by atoms with Gasteiger partial charge in [0.05, 0.1) is 19.2 Å². The summed E-state index contributed by atoms with van der Waals surface area (Å²) in [5, 5.41) is 16.8. The molecule has 3 heteroatoms. The van der Waals surface area contributed by atoms with Crippen LogP contribution in [0.15, 0.2) is 0 Å². The second kappa shape index (κ2) is 4.30. The van der Waals surface area contributed by atoms with Gasteiger partial charge in [-0.25, -0.2) is 0 Å². The van der Waals surface area contributed by atoms with Gasteiger partial charge in [0.2, 0.25) is 0 Å². The van der Waals surface area contributed by atoms with E-state index in [-0.39, 0.29) is 12.6 Å². The summed E-state index contributed by atoms with van der Waals surface area (Å²) in [5.74, 6) is 0. The van der Waals surface area contributed by atoms with Crippen LogP contribution in [0, 0.1) is 11.3 Å². The lowest BCUT2D eigenvalue weighted by Gasteiger charge is -2.18. The molecular formula is C6H12N2O. The van der Waals surface area contributed by atoms with Gasteiger partial charge >= 0.3 is 0 Å². The van der Waals surface area contributed by atoms with Gasteiger partial charge in [0.25, 0.3) is 0 Å². The van der Waals surface area contributed by atoms with Gasteiger partial charge in [-0.3, -0.25) is 4.90 Å². The number of rotatable bonds is 3. The first-order valence-electron chi connectivity index (χ1n) is 2.90. The zero-order valence-corrected chi connectivity index (χ0v) is 5.83. The first-order chi connectivity index (χ1) is 4.22. The molecule has 0 aromatic rings. The van der Waals surface area contributed by atoms with Crippen molar-refractivity contribution >= 4 is 0 Å². The van der Waals surface area contributed by atoms with Crippen LogP contribution >= 0.6 is 0 Å². The molecule has 0 rings (SSSR count). The van der Waals surface area contributed by atoms with E-state index in [4.69, 9.17) is 10.4 Å². The van der Waals surface area contributed by atoms with Crippen molar-refractivity contribution in [2.45, 2.75) is 13.0 Å². The maximum Gasteiger partial charge on any atom is 0.0866 e. The summed E-state index contributed by atoms with van der Waals surface area (Å²) < 4.78 is 0. The molecule has 0 radical (unpaired) electrons. The Balaban J connectivity index is 3.48. The average Bonchev–Trinajstić information content (AvgIpc) is 1.87. The Kier molecular flexibility index (Phi) is 4.02. The van der Waals surface area contributed by atoms with Gasteiger partial charge in [0, 0.05) is 6.04 Å². The molecule has 0 saturated heterocycles. The lowest BCUT2D eigenvalue weighted by Crippen LogP contribution is -2.32. The molecule has 0 amide bonds. The van der Waals surface area contributed by atoms with Gasteiger partial charge < -0.3 is 5.11 Å². The minimum absolute atomic E-state index is 0.0876. The van der Waals surface area contributed by atoms with E-state index in [0.29, 0.717) is 6.54 Å². The predicted octanol–water partition coefficient (Wildman–Crippen LogP) is -0.177. The third-order valence-corrected chi connectivity index (χ3v) is 1.34. The van der Waals surface area contributed by atoms with Gasteiger partial charge in [-0.15, -0.1) is 0 Å². The molecule has 1 atom stereocenters. The van der Waals surface area contributed by atoms with E-state index in [9.17, 15) is 0 Å². The second-order valence-corrected chi connectivity index (χ2v) is 2.10. The number of nitriles is 1. The number of aliphatic hydroxyl groups is 1. The van der Waals surface area contributed by atoms with Crippen LogP contribution in [0.3, 0.4) is 0 Å². The van der Waals surface area contributed by atoms with Crippen LogP contribution in [0.4, 0.5) is 0 Å². The summed E-state index contributed by atoms with van der Waals surface area (Å²) >= 11 is 0. The number of hydrogen-bond donors (Lipinski definition) is 1. The molecule has 0 aromatic heterocycles. The highest BCUT2D eigenvalue weighted by molar-refractivity contribution is 4.76. The lowest BCUT2D eigenvalue weighted by molar-refractivity contribution is 0.171. The lowest BCUT2D eigenvalue weighted by atomic mass is 10.3. The summed E-state index contributed by atoms with van der Waals surface area (Å²) in [4.78, 5) is 1.79. The van der Waals surface area contributed by atoms with Gasteiger partial charge in [0.15, 0.2) is 0 Å². The Hall–Kier alpha value is -0.590. The Bertz CT molecular complexity index is 108. The Morgan fingerprint density at radius 2 is 2.33 bits per heavy atom. The largest absolute Gasteiger partial charge is 0.395 e. The fourth-order valence-corrected chi connectivity index (χ4v) is 0.407. The highest BCUT2D eigenvalue weighted by Crippen LogP contribution is 1.90. The zero-order chi connectivity index (χ0) is 7.28. The molecule has 0 aliphatic heterocycles. The van der Waals surface area contributed by atoms with Crippen molar-refractivity contribution in [3.05, 3.63) is 0 Å². The summed E-state index contributed by atoms with van der Waals surface area (Å²) in [6.45, 7) is 2.36. The smallest absolute Gasteiger partial charge is 0.0866 e. The van der Waals surface area contributed by atoms with Crippen LogP contribution in [0.2, 0.25) is 0 Å². The van der Waals surface area contributed by atoms with Crippen LogP contribution in [-0.2, 0) is 0 Å². The summed E-state index contributed by atoms with van der Waals surface area (Å²) in [7, 11) is 1.81. The Labute approximate surface area is 55.5 Å². The van der Waals surface area contributed by atoms with Crippen LogP contribution < -0.4 is 0 Å². The van der Waals surface area contributed by atoms with Gasteiger partial charge in [-0.1, -0.05) is 0 Å². The number of aliphatic hydroxyl groups excluding tert-OH is 1. The topological polar surface area (TPSA) is 47.3 Å². The summed E-state index contributed by atoms with van der Waals surface area (Å²) in [6.07, 6.45) is 0. The number of hydrogen-bond acceptors (Lipinski definition) is 3. The summed E-state index contributed by atoms with van der Waals surface area (Å²) in [6, 6.07) is 2.09. The third-order valence-electron chi connectivity index (χ3n) is 1.34. The summed E-state index contributed by atoms with van der Waals surface area (Å²) in [5.41, 5.74) is 0. The second-order valence-electron chi connectivity index (χ2n) is 2.10. The fraction of sp³-hybridized carbons (Fsp3) is 0.833. The molecule has 52 valence electrons. The van der Waals surface area contributed by atoms with Crippen molar-refractivity contribution in [1.82, 2.24) is 4.90 Å². The van der Waals surface area contributed by atoms with Gasteiger partial charge in [-0.2, -0.15) is 5.26 Å². The quantitative estimate of drug-likeness (QED) is 0.536. The first-order valence-corrected chi connectivity index (χ1v) is 2.90. The van der Waals surface area contributed by atoms with Crippen molar-refractivity contribution in [3.63, 3.8) is 0 Å². The van der Waals surface area contributed by atoms with Crippen molar-refractivity contribution in [2.75, 3.05) is 20.2 Å². The molecular weight excluding hydrogens is 116 g/mol. The minimum Gasteiger partial charge on any atom is -0.395 e. The van der Waals surface area contributed by atoms with E-state index in [1.54, 1.807) is 4.90 Å². The molecule has 9 heavy (non-hydrogen) atoms. The van der Waals surface area contributed by atoms with E-state index in [1.165, 1.54) is 0 Å². The Morgan fingerprint density at radius 1 is 1.78 bits per heavy atom. The van der Waals surface area contributed by atoms with Gasteiger partial charge in [-0.05, 0) is 14.0 Å². The van der Waals surface area contributed by atoms with E-state index in [0.717, 1.165) is 0 Å². The number of nitrogens with zero attached hydrogens (tertiary/aromatic N) is 2. The number of likely N-dealkylation sites (N-methyl/N-ethyl adjacent to an activating group) is 1. The molecule has 0 aliphatic carbocycles. The molecule has 3 nitrogen and oxygen atoms in total. The highest BCUT2D eigenvalue weighted by Gasteiger charge is 2.04. The SMILES string of the molecule is CC(CO)N(C)CC#N. The van der Waals surface area contributed by atoms with E-state index in [2.05, 4.69) is 0 Å². The molecule has 0 heterocycles. The van der Waals surface area contributed by atoms with Crippen molar-refractivity contribution < 1.29 is 5.11 Å². The molecule has 0 fully saturated rings. The molecule has 0 saturated carbocycles. The standard InChI is InChI=1S/C6H12N2O/c1-6(5-9)8(2)4-3-7/h6,9H,4-5H2,1-2H3. The van der Waals surface area contributed by atoms with E-state index < -0.39 is 0 Å². The average molecular weight is 128 g/mol. The fourth-order valence-electron chi connectivity index (χ4n) is 0.407. The first kappa shape index (κ1) is 8.41. The van der Waals surface area contributed by atoms with Crippen LogP contribution in [0.1, 0.15) is 6.92 Å². The third kappa shape index (κ3) is 3.07.